The highest BCUT2D eigenvalue weighted by atomic mass is 35.5. The average molecular weight is 366 g/mol. The molecule has 0 saturated carbocycles. The smallest absolute Gasteiger partial charge is 0.180 e. The summed E-state index contributed by atoms with van der Waals surface area (Å²) in [5.41, 5.74) is 2.32. The second kappa shape index (κ2) is 7.03. The van der Waals surface area contributed by atoms with Crippen LogP contribution in [0.3, 0.4) is 0 Å². The molecule has 6 heteroatoms. The van der Waals surface area contributed by atoms with E-state index in [2.05, 4.69) is 4.90 Å². The number of anilines is 1. The molecule has 2 aromatic carbocycles. The van der Waals surface area contributed by atoms with Crippen LogP contribution >= 0.6 is 11.6 Å². The number of sulfone groups is 1. The highest BCUT2D eigenvalue weighted by molar-refractivity contribution is 7.91. The van der Waals surface area contributed by atoms with E-state index in [4.69, 9.17) is 16.3 Å². The van der Waals surface area contributed by atoms with Gasteiger partial charge in [-0.2, -0.15) is 0 Å². The van der Waals surface area contributed by atoms with E-state index in [-0.39, 0.29) is 5.75 Å². The van der Waals surface area contributed by atoms with Gasteiger partial charge in [-0.15, -0.1) is 0 Å². The summed E-state index contributed by atoms with van der Waals surface area (Å²) in [7, 11) is -1.66. The van der Waals surface area contributed by atoms with E-state index in [1.807, 2.05) is 18.2 Å². The van der Waals surface area contributed by atoms with Gasteiger partial charge in [0.1, 0.15) is 5.75 Å². The standard InChI is InChI=1S/C18H20ClNO3S/c1-23-16-6-9-18-14(13-16)3-2-10-20(18)11-12-24(21,22)17-7-4-15(19)5-8-17/h4-9,13H,2-3,10-12H2,1H3. The summed E-state index contributed by atoms with van der Waals surface area (Å²) >= 11 is 5.83. The van der Waals surface area contributed by atoms with Crippen molar-refractivity contribution in [3.63, 3.8) is 0 Å². The quantitative estimate of drug-likeness (QED) is 0.812. The summed E-state index contributed by atoms with van der Waals surface area (Å²) in [5.74, 6) is 0.921. The van der Waals surface area contributed by atoms with Crippen LogP contribution in [-0.2, 0) is 16.3 Å². The van der Waals surface area contributed by atoms with Crippen LogP contribution in [0.15, 0.2) is 47.4 Å². The molecule has 0 radical (unpaired) electrons. The van der Waals surface area contributed by atoms with Crippen molar-refractivity contribution in [3.8, 4) is 5.75 Å². The number of halogens is 1. The number of benzene rings is 2. The molecule has 3 rings (SSSR count). The third-order valence-corrected chi connectivity index (χ3v) is 6.27. The molecule has 1 aliphatic heterocycles. The van der Waals surface area contributed by atoms with Gasteiger partial charge in [-0.1, -0.05) is 11.6 Å². The van der Waals surface area contributed by atoms with Crippen LogP contribution in [-0.4, -0.2) is 34.4 Å². The minimum Gasteiger partial charge on any atom is -0.497 e. The molecule has 1 heterocycles. The predicted molar refractivity (Wildman–Crippen MR) is 97.0 cm³/mol. The zero-order valence-corrected chi connectivity index (χ0v) is 15.1. The van der Waals surface area contributed by atoms with Crippen molar-refractivity contribution in [3.05, 3.63) is 53.1 Å². The van der Waals surface area contributed by atoms with Gasteiger partial charge in [0.2, 0.25) is 0 Å². The number of ether oxygens (including phenoxy) is 1. The van der Waals surface area contributed by atoms with Crippen molar-refractivity contribution in [1.82, 2.24) is 0 Å². The van der Waals surface area contributed by atoms with E-state index in [0.717, 1.165) is 30.8 Å². The Labute approximate surface area is 147 Å². The molecular weight excluding hydrogens is 346 g/mol. The molecule has 4 nitrogen and oxygen atoms in total. The molecule has 0 N–H and O–H groups in total. The minimum atomic E-state index is -3.32. The largest absolute Gasteiger partial charge is 0.497 e. The van der Waals surface area contributed by atoms with Gasteiger partial charge in [-0.05, 0) is 60.9 Å². The molecule has 0 aliphatic carbocycles. The Morgan fingerprint density at radius 1 is 1.17 bits per heavy atom. The number of methoxy groups -OCH3 is 1. The van der Waals surface area contributed by atoms with E-state index >= 15 is 0 Å². The molecule has 2 aromatic rings. The van der Waals surface area contributed by atoms with Crippen LogP contribution in [0.4, 0.5) is 5.69 Å². The van der Waals surface area contributed by atoms with Gasteiger partial charge >= 0.3 is 0 Å². The molecule has 1 aliphatic rings. The monoisotopic (exact) mass is 365 g/mol. The number of aryl methyl sites for hydroxylation is 1. The SMILES string of the molecule is COc1ccc2c(c1)CCCN2CCS(=O)(=O)c1ccc(Cl)cc1. The summed E-state index contributed by atoms with van der Waals surface area (Å²) in [4.78, 5) is 2.46. The van der Waals surface area contributed by atoms with Crippen molar-refractivity contribution in [2.45, 2.75) is 17.7 Å². The topological polar surface area (TPSA) is 46.6 Å². The lowest BCUT2D eigenvalue weighted by Gasteiger charge is -2.31. The molecule has 0 spiro atoms. The number of nitrogens with zero attached hydrogens (tertiary/aromatic N) is 1. The van der Waals surface area contributed by atoms with Gasteiger partial charge in [-0.3, -0.25) is 0 Å². The molecule has 0 bridgehead atoms. The number of hydrogen-bond donors (Lipinski definition) is 0. The van der Waals surface area contributed by atoms with Crippen molar-refractivity contribution < 1.29 is 13.2 Å². The fourth-order valence-electron chi connectivity index (χ4n) is 3.00. The maximum atomic E-state index is 12.5. The first-order chi connectivity index (χ1) is 11.5. The first-order valence-electron chi connectivity index (χ1n) is 7.90. The van der Waals surface area contributed by atoms with Crippen LogP contribution in [0.1, 0.15) is 12.0 Å². The molecule has 0 aromatic heterocycles. The van der Waals surface area contributed by atoms with Crippen molar-refractivity contribution in [1.29, 1.82) is 0 Å². The van der Waals surface area contributed by atoms with Crippen LogP contribution in [0.2, 0.25) is 5.02 Å². The van der Waals surface area contributed by atoms with Crippen LogP contribution in [0.5, 0.6) is 5.75 Å². The van der Waals surface area contributed by atoms with Crippen LogP contribution < -0.4 is 9.64 Å². The first-order valence-corrected chi connectivity index (χ1v) is 9.93. The summed E-state index contributed by atoms with van der Waals surface area (Å²) in [6.07, 6.45) is 2.01. The van der Waals surface area contributed by atoms with E-state index in [1.165, 1.54) is 5.56 Å². The highest BCUT2D eigenvalue weighted by Crippen LogP contribution is 2.30. The van der Waals surface area contributed by atoms with Gasteiger partial charge in [0.15, 0.2) is 9.84 Å². The molecule has 0 atom stereocenters. The molecule has 24 heavy (non-hydrogen) atoms. The zero-order chi connectivity index (χ0) is 17.2. The molecule has 128 valence electrons. The number of fused-ring (bicyclic) bond motifs is 1. The molecule has 0 saturated heterocycles. The van der Waals surface area contributed by atoms with E-state index < -0.39 is 9.84 Å². The van der Waals surface area contributed by atoms with Gasteiger partial charge in [-0.25, -0.2) is 8.42 Å². The zero-order valence-electron chi connectivity index (χ0n) is 13.5. The van der Waals surface area contributed by atoms with E-state index in [0.29, 0.717) is 16.5 Å². The lowest BCUT2D eigenvalue weighted by Crippen LogP contribution is -2.33. The number of rotatable bonds is 5. The summed E-state index contributed by atoms with van der Waals surface area (Å²) < 4.78 is 30.3. The second-order valence-corrected chi connectivity index (χ2v) is 8.40. The van der Waals surface area contributed by atoms with E-state index in [9.17, 15) is 8.42 Å². The minimum absolute atomic E-state index is 0.0834. The summed E-state index contributed by atoms with van der Waals surface area (Å²) in [6, 6.07) is 12.3. The van der Waals surface area contributed by atoms with E-state index in [1.54, 1.807) is 31.4 Å². The Morgan fingerprint density at radius 2 is 1.92 bits per heavy atom. The Kier molecular flexibility index (Phi) is 5.01. The second-order valence-electron chi connectivity index (χ2n) is 5.86. The van der Waals surface area contributed by atoms with Crippen LogP contribution in [0.25, 0.3) is 0 Å². The van der Waals surface area contributed by atoms with Gasteiger partial charge in [0, 0.05) is 23.8 Å². The number of hydrogen-bond acceptors (Lipinski definition) is 4. The molecule has 0 fully saturated rings. The maximum absolute atomic E-state index is 12.5. The fraction of sp³-hybridized carbons (Fsp3) is 0.333. The third kappa shape index (κ3) is 3.68. The third-order valence-electron chi connectivity index (χ3n) is 4.30. The molecule has 0 unspecified atom stereocenters. The lowest BCUT2D eigenvalue weighted by atomic mass is 10.0. The lowest BCUT2D eigenvalue weighted by molar-refractivity contribution is 0.414. The summed E-state index contributed by atoms with van der Waals surface area (Å²) in [6.45, 7) is 1.35. The molecular formula is C18H20ClNO3S. The first kappa shape index (κ1) is 17.1. The van der Waals surface area contributed by atoms with Gasteiger partial charge < -0.3 is 9.64 Å². The summed E-state index contributed by atoms with van der Waals surface area (Å²) in [5, 5.41) is 0.535. The van der Waals surface area contributed by atoms with Crippen molar-refractivity contribution >= 4 is 27.1 Å². The Bertz CT molecular complexity index is 819. The molecule has 0 amide bonds. The average Bonchev–Trinajstić information content (AvgIpc) is 2.59. The Hall–Kier alpha value is -1.72. The predicted octanol–water partition coefficient (Wildman–Crippen LogP) is 3.58. The van der Waals surface area contributed by atoms with Gasteiger partial charge in [0.25, 0.3) is 0 Å². The Morgan fingerprint density at radius 3 is 2.62 bits per heavy atom. The Balaban J connectivity index is 1.75. The maximum Gasteiger partial charge on any atom is 0.180 e. The normalized spacial score (nSPS) is 14.3. The van der Waals surface area contributed by atoms with Gasteiger partial charge in [0.05, 0.1) is 17.8 Å². The van der Waals surface area contributed by atoms with Crippen LogP contribution in [0, 0.1) is 0 Å². The van der Waals surface area contributed by atoms with Crippen molar-refractivity contribution in [2.75, 3.05) is 30.9 Å². The van der Waals surface area contributed by atoms with Crippen molar-refractivity contribution in [2.24, 2.45) is 0 Å². The fourth-order valence-corrected chi connectivity index (χ4v) is 4.37. The highest BCUT2D eigenvalue weighted by Gasteiger charge is 2.21.